The fourth-order valence-electron chi connectivity index (χ4n) is 4.12. The summed E-state index contributed by atoms with van der Waals surface area (Å²) in [6, 6.07) is 14.9. The molecular weight excluding hydrogens is 498 g/mol. The first-order valence-corrected chi connectivity index (χ1v) is 11.6. The summed E-state index contributed by atoms with van der Waals surface area (Å²) in [4.78, 5) is 29.5. The number of hydrogen-bond donors (Lipinski definition) is 1. The average molecular weight is 518 g/mol. The van der Waals surface area contributed by atoms with Crippen molar-refractivity contribution in [3.8, 4) is 5.75 Å². The highest BCUT2D eigenvalue weighted by atomic mass is 79.9. The number of rotatable bonds is 4. The summed E-state index contributed by atoms with van der Waals surface area (Å²) < 4.78 is 12.4. The van der Waals surface area contributed by atoms with E-state index in [1.807, 2.05) is 43.3 Å². The van der Waals surface area contributed by atoms with Crippen LogP contribution in [0.4, 0.5) is 0 Å². The molecule has 4 aromatic rings. The normalized spacial score (nSPS) is 14.1. The number of aryl methyl sites for hydroxylation is 1. The third-order valence-electron chi connectivity index (χ3n) is 5.72. The molecule has 0 saturated heterocycles. The Morgan fingerprint density at radius 3 is 2.79 bits per heavy atom. The van der Waals surface area contributed by atoms with E-state index in [0.29, 0.717) is 45.7 Å². The van der Waals surface area contributed by atoms with E-state index < -0.39 is 5.97 Å². The first-order valence-electron chi connectivity index (χ1n) is 10.8. The lowest BCUT2D eigenvalue weighted by atomic mass is 9.93. The number of esters is 1. The number of fused-ring (bicyclic) bond motifs is 2. The molecule has 2 aromatic carbocycles. The van der Waals surface area contributed by atoms with Crippen molar-refractivity contribution in [3.05, 3.63) is 93.6 Å². The number of hydrogen-bond acceptors (Lipinski definition) is 6. The van der Waals surface area contributed by atoms with Crippen LogP contribution >= 0.6 is 15.9 Å². The van der Waals surface area contributed by atoms with E-state index in [0.717, 1.165) is 22.8 Å². The van der Waals surface area contributed by atoms with Crippen LogP contribution in [0.2, 0.25) is 0 Å². The summed E-state index contributed by atoms with van der Waals surface area (Å²) in [6.45, 7) is 1.81. The number of pyridine rings is 1. The van der Waals surface area contributed by atoms with Gasteiger partial charge in [0.2, 0.25) is 5.76 Å². The number of benzene rings is 2. The molecule has 1 aliphatic rings. The van der Waals surface area contributed by atoms with Gasteiger partial charge in [-0.2, -0.15) is 5.10 Å². The highest BCUT2D eigenvalue weighted by Gasteiger charge is 2.29. The molecule has 8 heteroatoms. The second-order valence-corrected chi connectivity index (χ2v) is 8.88. The minimum atomic E-state index is -0.563. The second kappa shape index (κ2) is 9.23. The number of furan rings is 1. The minimum Gasteiger partial charge on any atom is -0.453 e. The van der Waals surface area contributed by atoms with Crippen molar-refractivity contribution in [2.45, 2.75) is 26.2 Å². The zero-order valence-corrected chi connectivity index (χ0v) is 19.9. The Hall–Kier alpha value is -3.78. The molecule has 1 amide bonds. The van der Waals surface area contributed by atoms with Crippen LogP contribution in [0.25, 0.3) is 10.8 Å². The molecular formula is C26H20BrN3O4. The van der Waals surface area contributed by atoms with Gasteiger partial charge in [0.1, 0.15) is 11.5 Å². The second-order valence-electron chi connectivity index (χ2n) is 7.97. The summed E-state index contributed by atoms with van der Waals surface area (Å²) in [6.07, 6.45) is 5.20. The smallest absolute Gasteiger partial charge is 0.379 e. The molecule has 1 aliphatic carbocycles. The maximum Gasteiger partial charge on any atom is 0.379 e. The lowest BCUT2D eigenvalue weighted by molar-refractivity contribution is 0.0700. The summed E-state index contributed by atoms with van der Waals surface area (Å²) in [5.41, 5.74) is 5.05. The molecule has 0 saturated carbocycles. The predicted molar refractivity (Wildman–Crippen MR) is 131 cm³/mol. The van der Waals surface area contributed by atoms with Crippen molar-refractivity contribution in [3.63, 3.8) is 0 Å². The van der Waals surface area contributed by atoms with Crippen LogP contribution in [0.3, 0.4) is 0 Å². The van der Waals surface area contributed by atoms with E-state index in [1.54, 1.807) is 18.3 Å². The Balaban J connectivity index is 1.41. The maximum absolute atomic E-state index is 13.0. The summed E-state index contributed by atoms with van der Waals surface area (Å²) in [5, 5.41) is 6.18. The van der Waals surface area contributed by atoms with Crippen molar-refractivity contribution in [1.82, 2.24) is 10.4 Å². The number of carbonyl (C=O) groups excluding carboxylic acids is 2. The van der Waals surface area contributed by atoms with Gasteiger partial charge in [-0.25, -0.2) is 10.2 Å². The molecule has 0 aliphatic heterocycles. The third-order valence-corrected chi connectivity index (χ3v) is 6.16. The monoisotopic (exact) mass is 517 g/mol. The van der Waals surface area contributed by atoms with Crippen LogP contribution < -0.4 is 10.2 Å². The molecule has 2 heterocycles. The largest absolute Gasteiger partial charge is 0.453 e. The number of aromatic nitrogens is 1. The van der Waals surface area contributed by atoms with Crippen molar-refractivity contribution in [2.75, 3.05) is 0 Å². The van der Waals surface area contributed by atoms with E-state index in [1.165, 1.54) is 6.20 Å². The zero-order chi connectivity index (χ0) is 23.7. The lowest BCUT2D eigenvalue weighted by Gasteiger charge is -2.13. The summed E-state index contributed by atoms with van der Waals surface area (Å²) in [7, 11) is 0. The van der Waals surface area contributed by atoms with Gasteiger partial charge in [-0.05, 0) is 53.2 Å². The van der Waals surface area contributed by atoms with Crippen LogP contribution in [0.15, 0.2) is 74.9 Å². The van der Waals surface area contributed by atoms with E-state index in [-0.39, 0.29) is 11.7 Å². The van der Waals surface area contributed by atoms with Gasteiger partial charge in [0.15, 0.2) is 0 Å². The Morgan fingerprint density at radius 1 is 1.12 bits per heavy atom. The van der Waals surface area contributed by atoms with E-state index in [4.69, 9.17) is 9.15 Å². The molecule has 0 atom stereocenters. The van der Waals surface area contributed by atoms with Crippen molar-refractivity contribution in [1.29, 1.82) is 0 Å². The Kier molecular flexibility index (Phi) is 5.98. The number of amides is 1. The van der Waals surface area contributed by atoms with Gasteiger partial charge in [-0.1, -0.05) is 36.4 Å². The molecule has 34 heavy (non-hydrogen) atoms. The van der Waals surface area contributed by atoms with Gasteiger partial charge in [0.25, 0.3) is 5.91 Å². The Morgan fingerprint density at radius 2 is 1.94 bits per heavy atom. The third kappa shape index (κ3) is 4.24. The van der Waals surface area contributed by atoms with Gasteiger partial charge in [-0.15, -0.1) is 0 Å². The average Bonchev–Trinajstić information content (AvgIpc) is 3.20. The van der Waals surface area contributed by atoms with Crippen LogP contribution in [-0.2, 0) is 6.42 Å². The number of halogens is 1. The van der Waals surface area contributed by atoms with E-state index in [9.17, 15) is 9.59 Å². The van der Waals surface area contributed by atoms with Crippen molar-refractivity contribution in [2.24, 2.45) is 5.10 Å². The molecule has 2 aromatic heterocycles. The number of nitrogens with zero attached hydrogens (tertiary/aromatic N) is 2. The quantitative estimate of drug-likeness (QED) is 0.216. The molecule has 0 fully saturated rings. The molecule has 7 nitrogen and oxygen atoms in total. The molecule has 0 bridgehead atoms. The summed E-state index contributed by atoms with van der Waals surface area (Å²) >= 11 is 3.31. The van der Waals surface area contributed by atoms with E-state index >= 15 is 0 Å². The van der Waals surface area contributed by atoms with Gasteiger partial charge >= 0.3 is 5.97 Å². The predicted octanol–water partition coefficient (Wildman–Crippen LogP) is 5.59. The molecule has 170 valence electrons. The Labute approximate surface area is 204 Å². The highest BCUT2D eigenvalue weighted by molar-refractivity contribution is 9.10. The fourth-order valence-corrected chi connectivity index (χ4v) is 4.49. The highest BCUT2D eigenvalue weighted by Crippen LogP contribution is 2.32. The number of nitrogens with one attached hydrogen (secondary N) is 1. The molecule has 1 N–H and O–H groups in total. The number of hydrazone groups is 1. The Bertz CT molecular complexity index is 1450. The van der Waals surface area contributed by atoms with Crippen LogP contribution in [-0.4, -0.2) is 22.6 Å². The van der Waals surface area contributed by atoms with Crippen LogP contribution in [0.5, 0.6) is 5.75 Å². The van der Waals surface area contributed by atoms with Gasteiger partial charge < -0.3 is 9.15 Å². The first-order chi connectivity index (χ1) is 16.5. The van der Waals surface area contributed by atoms with Crippen LogP contribution in [0.1, 0.15) is 50.6 Å². The topological polar surface area (TPSA) is 93.8 Å². The standard InChI is InChI=1S/C26H20BrN3O4/c1-15-23-20(29-30-25(31)17-12-18(27)14-28-13-17)9-5-11-22(23)33-24(15)26(32)34-21-10-4-7-16-6-2-3-8-19(16)21/h2-4,6-8,10,12-14H,5,9,11H2,1H3,(H,30,31)/b29-20+. The van der Waals surface area contributed by atoms with Crippen molar-refractivity contribution < 1.29 is 18.7 Å². The van der Waals surface area contributed by atoms with Crippen LogP contribution in [0, 0.1) is 6.92 Å². The zero-order valence-electron chi connectivity index (χ0n) is 18.3. The summed E-state index contributed by atoms with van der Waals surface area (Å²) in [5.74, 6) is 0.360. The molecule has 5 rings (SSSR count). The fraction of sp³-hybridized carbons (Fsp3) is 0.154. The van der Waals surface area contributed by atoms with E-state index in [2.05, 4.69) is 31.4 Å². The number of carbonyl (C=O) groups is 2. The lowest BCUT2D eigenvalue weighted by Crippen LogP contribution is -2.22. The molecule has 0 spiro atoms. The van der Waals surface area contributed by atoms with Crippen molar-refractivity contribution >= 4 is 44.3 Å². The minimum absolute atomic E-state index is 0.148. The van der Waals surface area contributed by atoms with Gasteiger partial charge in [0.05, 0.1) is 11.3 Å². The van der Waals surface area contributed by atoms with Gasteiger partial charge in [0, 0.05) is 39.8 Å². The first kappa shape index (κ1) is 22.0. The number of ether oxygens (including phenoxy) is 1. The molecule has 0 radical (unpaired) electrons. The van der Waals surface area contributed by atoms with Gasteiger partial charge in [-0.3, -0.25) is 9.78 Å². The maximum atomic E-state index is 13.0. The molecule has 0 unspecified atom stereocenters. The SMILES string of the molecule is Cc1c(C(=O)Oc2cccc3ccccc23)oc2c1/C(=N/NC(=O)c1cncc(Br)c1)CCC2.